The smallest absolute Gasteiger partial charge is 0.436 e. The molecule has 2 amide bonds. The number of urea groups is 1. The van der Waals surface area contributed by atoms with Crippen molar-refractivity contribution >= 4 is 28.6 Å². The van der Waals surface area contributed by atoms with Crippen molar-refractivity contribution in [1.29, 1.82) is 0 Å². The van der Waals surface area contributed by atoms with Gasteiger partial charge in [-0.25, -0.2) is 14.7 Å². The minimum Gasteiger partial charge on any atom is -0.494 e. The maximum atomic E-state index is 14.1. The lowest BCUT2D eigenvalue weighted by Gasteiger charge is -2.38. The Morgan fingerprint density at radius 3 is 2.57 bits per heavy atom. The monoisotopic (exact) mass is 407 g/mol. The second kappa shape index (κ2) is 6.44. The van der Waals surface area contributed by atoms with Crippen LogP contribution in [0.25, 0.3) is 0 Å². The van der Waals surface area contributed by atoms with Crippen molar-refractivity contribution in [2.45, 2.75) is 30.6 Å². The quantitative estimate of drug-likeness (QED) is 0.795. The van der Waals surface area contributed by atoms with Crippen LogP contribution in [0.5, 0.6) is 5.75 Å². The fourth-order valence-electron chi connectivity index (χ4n) is 3.14. The van der Waals surface area contributed by atoms with Crippen molar-refractivity contribution in [1.82, 2.24) is 5.32 Å². The van der Waals surface area contributed by atoms with Crippen molar-refractivity contribution in [3.05, 3.63) is 53.6 Å². The first kappa shape index (κ1) is 18.7. The summed E-state index contributed by atoms with van der Waals surface area (Å²) < 4.78 is 47.8. The molecule has 0 aliphatic carbocycles. The van der Waals surface area contributed by atoms with Crippen LogP contribution in [0.4, 0.5) is 23.7 Å². The predicted molar refractivity (Wildman–Crippen MR) is 101 cm³/mol. The lowest BCUT2D eigenvalue weighted by molar-refractivity contribution is -0.195. The Hall–Kier alpha value is -2.68. The first-order valence-electron chi connectivity index (χ1n) is 8.56. The Labute approximate surface area is 163 Å². The first-order valence-corrected chi connectivity index (χ1v) is 9.37. The number of aliphatic imine (C=N–C) groups is 1. The molecule has 0 unspecified atom stereocenters. The molecule has 2 aliphatic heterocycles. The van der Waals surface area contributed by atoms with Gasteiger partial charge in [0.2, 0.25) is 0 Å². The van der Waals surface area contributed by atoms with E-state index in [1.807, 2.05) is 6.92 Å². The molecule has 2 heterocycles. The lowest BCUT2D eigenvalue weighted by Crippen LogP contribution is -2.62. The number of nitrogens with one attached hydrogen (secondary N) is 1. The van der Waals surface area contributed by atoms with Crippen LogP contribution < -0.4 is 15.0 Å². The second-order valence-corrected chi connectivity index (χ2v) is 7.41. The van der Waals surface area contributed by atoms with E-state index in [4.69, 9.17) is 4.74 Å². The van der Waals surface area contributed by atoms with Gasteiger partial charge in [0.25, 0.3) is 5.66 Å². The summed E-state index contributed by atoms with van der Waals surface area (Å²) in [5, 5.41) is 2.06. The van der Waals surface area contributed by atoms with E-state index in [1.165, 1.54) is 12.1 Å². The van der Waals surface area contributed by atoms with E-state index in [0.29, 0.717) is 22.9 Å². The van der Waals surface area contributed by atoms with Crippen LogP contribution in [-0.4, -0.2) is 24.0 Å². The fraction of sp³-hybridized carbons (Fsp3) is 0.263. The van der Waals surface area contributed by atoms with Crippen molar-refractivity contribution in [3.63, 3.8) is 0 Å². The molecule has 0 saturated carbocycles. The van der Waals surface area contributed by atoms with Crippen LogP contribution in [0.2, 0.25) is 0 Å². The summed E-state index contributed by atoms with van der Waals surface area (Å²) in [7, 11) is 0. The average Bonchev–Trinajstić information content (AvgIpc) is 2.99. The van der Waals surface area contributed by atoms with Gasteiger partial charge in [-0.05, 0) is 43.8 Å². The zero-order chi connectivity index (χ0) is 20.1. The molecule has 0 aromatic heterocycles. The molecule has 5 nitrogen and oxygen atoms in total. The lowest BCUT2D eigenvalue weighted by atomic mass is 9.97. The van der Waals surface area contributed by atoms with Crippen LogP contribution in [0.3, 0.4) is 0 Å². The summed E-state index contributed by atoms with van der Waals surface area (Å²) >= 11 is 1.02. The zero-order valence-electron chi connectivity index (χ0n) is 15.0. The number of alkyl halides is 3. The molecule has 0 saturated heterocycles. The number of halogens is 3. The number of aryl methyl sites for hydroxylation is 1. The van der Waals surface area contributed by atoms with E-state index >= 15 is 0 Å². The number of carbonyl (C=O) groups excluding carboxylic acids is 1. The number of rotatable bonds is 3. The van der Waals surface area contributed by atoms with Crippen molar-refractivity contribution in [3.8, 4) is 5.75 Å². The molecule has 2 aromatic rings. The summed E-state index contributed by atoms with van der Waals surface area (Å²) in [5.74, 6) is 0.579. The summed E-state index contributed by atoms with van der Waals surface area (Å²) in [6.07, 6.45) is -4.82. The third-order valence-electron chi connectivity index (χ3n) is 4.51. The molecule has 9 heteroatoms. The number of ether oxygens (including phenoxy) is 1. The van der Waals surface area contributed by atoms with Crippen LogP contribution in [0.1, 0.15) is 18.1 Å². The number of hydrogen-bond acceptors (Lipinski definition) is 4. The standard InChI is InChI=1S/C19H16F3N3O2S/c1-3-27-13-8-9-14-15(10-13)28-17-24-18(19(20,21)22,23-16(26)25(14)17)12-6-4-11(2)5-7-12/h4-10H,3H2,1-2H3,(H,23,26)/t18-/m0/s1. The fourth-order valence-corrected chi connectivity index (χ4v) is 4.24. The third-order valence-corrected chi connectivity index (χ3v) is 5.51. The molecule has 1 atom stereocenters. The topological polar surface area (TPSA) is 53.9 Å². The summed E-state index contributed by atoms with van der Waals surface area (Å²) in [6, 6.07) is 9.92. The Balaban J connectivity index is 1.83. The number of amides is 2. The highest BCUT2D eigenvalue weighted by molar-refractivity contribution is 8.15. The van der Waals surface area contributed by atoms with E-state index in [9.17, 15) is 18.0 Å². The molecule has 2 aromatic carbocycles. The average molecular weight is 407 g/mol. The van der Waals surface area contributed by atoms with Gasteiger partial charge in [-0.1, -0.05) is 29.8 Å². The normalized spacial score (nSPS) is 21.0. The minimum atomic E-state index is -4.82. The molecule has 146 valence electrons. The number of amidine groups is 1. The van der Waals surface area contributed by atoms with Gasteiger partial charge < -0.3 is 10.1 Å². The van der Waals surface area contributed by atoms with Crippen molar-refractivity contribution in [2.75, 3.05) is 11.5 Å². The van der Waals surface area contributed by atoms with Crippen LogP contribution >= 0.6 is 11.8 Å². The number of nitrogens with zero attached hydrogens (tertiary/aromatic N) is 2. The number of anilines is 1. The molecule has 1 N–H and O–H groups in total. The predicted octanol–water partition coefficient (Wildman–Crippen LogP) is 4.80. The Kier molecular flexibility index (Phi) is 4.29. The van der Waals surface area contributed by atoms with Crippen LogP contribution in [0.15, 0.2) is 52.4 Å². The summed E-state index contributed by atoms with van der Waals surface area (Å²) in [6.45, 7) is 4.07. The molecule has 0 bridgehead atoms. The molecule has 0 fully saturated rings. The minimum absolute atomic E-state index is 0.0229. The van der Waals surface area contributed by atoms with Gasteiger partial charge in [-0.2, -0.15) is 13.2 Å². The maximum absolute atomic E-state index is 14.1. The van der Waals surface area contributed by atoms with E-state index in [1.54, 1.807) is 37.3 Å². The second-order valence-electron chi connectivity index (χ2n) is 6.40. The SMILES string of the molecule is CCOc1ccc2c(c1)SC1=N[C@@](c3ccc(C)cc3)(C(F)(F)F)NC(=O)N12. The zero-order valence-corrected chi connectivity index (χ0v) is 15.8. The summed E-state index contributed by atoms with van der Waals surface area (Å²) in [4.78, 5) is 18.5. The molecule has 0 spiro atoms. The number of thioether (sulfide) groups is 1. The van der Waals surface area contributed by atoms with Crippen molar-refractivity contribution in [2.24, 2.45) is 4.99 Å². The molecule has 0 radical (unpaired) electrons. The summed E-state index contributed by atoms with van der Waals surface area (Å²) in [5.41, 5.74) is -1.69. The Morgan fingerprint density at radius 2 is 1.93 bits per heavy atom. The van der Waals surface area contributed by atoms with Gasteiger partial charge in [0.1, 0.15) is 5.75 Å². The highest BCUT2D eigenvalue weighted by Crippen LogP contribution is 2.49. The molecule has 2 aliphatic rings. The van der Waals surface area contributed by atoms with Crippen LogP contribution in [-0.2, 0) is 5.66 Å². The maximum Gasteiger partial charge on any atom is 0.436 e. The number of carbonyl (C=O) groups is 1. The van der Waals surface area contributed by atoms with Gasteiger partial charge >= 0.3 is 12.2 Å². The van der Waals surface area contributed by atoms with Gasteiger partial charge in [0.15, 0.2) is 5.17 Å². The van der Waals surface area contributed by atoms with E-state index in [0.717, 1.165) is 22.2 Å². The first-order chi connectivity index (χ1) is 13.2. The van der Waals surface area contributed by atoms with Crippen LogP contribution in [0, 0.1) is 6.92 Å². The number of hydrogen-bond donors (Lipinski definition) is 1. The number of benzene rings is 2. The number of fused-ring (bicyclic) bond motifs is 3. The Bertz CT molecular complexity index is 975. The van der Waals surface area contributed by atoms with E-state index < -0.39 is 17.9 Å². The molecule has 4 rings (SSSR count). The van der Waals surface area contributed by atoms with Gasteiger partial charge in [-0.3, -0.25) is 0 Å². The molecular formula is C19H16F3N3O2S. The van der Waals surface area contributed by atoms with Gasteiger partial charge in [0, 0.05) is 10.5 Å². The molecular weight excluding hydrogens is 391 g/mol. The third kappa shape index (κ3) is 2.81. The van der Waals surface area contributed by atoms with Crippen molar-refractivity contribution < 1.29 is 22.7 Å². The highest BCUT2D eigenvalue weighted by atomic mass is 32.2. The van der Waals surface area contributed by atoms with E-state index in [-0.39, 0.29) is 10.7 Å². The van der Waals surface area contributed by atoms with Gasteiger partial charge in [-0.15, -0.1) is 0 Å². The largest absolute Gasteiger partial charge is 0.494 e. The molecule has 28 heavy (non-hydrogen) atoms. The highest BCUT2D eigenvalue weighted by Gasteiger charge is 2.61. The van der Waals surface area contributed by atoms with E-state index in [2.05, 4.69) is 10.3 Å². The van der Waals surface area contributed by atoms with Gasteiger partial charge in [0.05, 0.1) is 12.3 Å². The Morgan fingerprint density at radius 1 is 1.21 bits per heavy atom.